The SMILES string of the molecule is O=CC(=O)C/C(=C\O)Oc1ccccc1Br. The van der Waals surface area contributed by atoms with Crippen molar-refractivity contribution in [3.63, 3.8) is 0 Å². The van der Waals surface area contributed by atoms with Crippen molar-refractivity contribution in [2.45, 2.75) is 6.42 Å². The van der Waals surface area contributed by atoms with Gasteiger partial charge in [-0.25, -0.2) is 0 Å². The number of hydrogen-bond donors (Lipinski definition) is 1. The van der Waals surface area contributed by atoms with E-state index >= 15 is 0 Å². The zero-order chi connectivity index (χ0) is 12.0. The van der Waals surface area contributed by atoms with E-state index in [0.29, 0.717) is 16.5 Å². The highest BCUT2D eigenvalue weighted by Crippen LogP contribution is 2.26. The molecule has 0 fully saturated rings. The molecule has 0 atom stereocenters. The molecule has 1 aromatic rings. The van der Waals surface area contributed by atoms with Crippen LogP contribution >= 0.6 is 15.9 Å². The topological polar surface area (TPSA) is 63.6 Å². The number of aldehydes is 1. The van der Waals surface area contributed by atoms with Gasteiger partial charge in [0.1, 0.15) is 17.8 Å². The van der Waals surface area contributed by atoms with Gasteiger partial charge in [-0.15, -0.1) is 0 Å². The Morgan fingerprint density at radius 1 is 1.44 bits per heavy atom. The molecule has 0 heterocycles. The number of carbonyl (C=O) groups excluding carboxylic acids is 2. The van der Waals surface area contributed by atoms with Crippen LogP contribution in [0.25, 0.3) is 0 Å². The third kappa shape index (κ3) is 3.51. The summed E-state index contributed by atoms with van der Waals surface area (Å²) in [6, 6.07) is 6.97. The summed E-state index contributed by atoms with van der Waals surface area (Å²) in [7, 11) is 0. The summed E-state index contributed by atoms with van der Waals surface area (Å²) in [5, 5.41) is 8.85. The van der Waals surface area contributed by atoms with Crippen LogP contribution in [0.3, 0.4) is 0 Å². The summed E-state index contributed by atoms with van der Waals surface area (Å²) >= 11 is 3.25. The highest BCUT2D eigenvalue weighted by Gasteiger charge is 2.09. The predicted molar refractivity (Wildman–Crippen MR) is 61.2 cm³/mol. The molecule has 1 rings (SSSR count). The summed E-state index contributed by atoms with van der Waals surface area (Å²) in [6.07, 6.45) is 0.592. The van der Waals surface area contributed by atoms with Crippen molar-refractivity contribution in [2.24, 2.45) is 0 Å². The van der Waals surface area contributed by atoms with Gasteiger partial charge < -0.3 is 9.84 Å². The highest BCUT2D eigenvalue weighted by atomic mass is 79.9. The highest BCUT2D eigenvalue weighted by molar-refractivity contribution is 9.10. The van der Waals surface area contributed by atoms with Gasteiger partial charge in [0.15, 0.2) is 6.29 Å². The van der Waals surface area contributed by atoms with E-state index in [4.69, 9.17) is 9.84 Å². The molecular weight excluding hydrogens is 276 g/mol. The van der Waals surface area contributed by atoms with E-state index in [1.54, 1.807) is 24.3 Å². The van der Waals surface area contributed by atoms with Crippen molar-refractivity contribution in [1.82, 2.24) is 0 Å². The standard InChI is InChI=1S/C11H9BrO4/c12-10-3-1-2-4-11(10)16-9(7-14)5-8(15)6-13/h1-4,6-7,14H,5H2/b9-7+. The van der Waals surface area contributed by atoms with Gasteiger partial charge in [0.25, 0.3) is 0 Å². The average Bonchev–Trinajstić information content (AvgIpc) is 2.30. The second-order valence-corrected chi connectivity index (χ2v) is 3.74. The van der Waals surface area contributed by atoms with E-state index in [-0.39, 0.29) is 18.5 Å². The maximum absolute atomic E-state index is 10.8. The van der Waals surface area contributed by atoms with Crippen LogP contribution in [0.15, 0.2) is 40.8 Å². The average molecular weight is 285 g/mol. The van der Waals surface area contributed by atoms with Crippen LogP contribution in [0.2, 0.25) is 0 Å². The number of halogens is 1. The van der Waals surface area contributed by atoms with Crippen molar-refractivity contribution in [3.05, 3.63) is 40.8 Å². The maximum Gasteiger partial charge on any atom is 0.202 e. The lowest BCUT2D eigenvalue weighted by Gasteiger charge is -2.08. The Morgan fingerprint density at radius 2 is 2.12 bits per heavy atom. The fourth-order valence-electron chi connectivity index (χ4n) is 0.990. The molecule has 84 valence electrons. The molecule has 5 heteroatoms. The number of ether oxygens (including phenoxy) is 1. The summed E-state index contributed by atoms with van der Waals surface area (Å²) in [6.45, 7) is 0. The summed E-state index contributed by atoms with van der Waals surface area (Å²) in [5.74, 6) is -0.183. The smallest absolute Gasteiger partial charge is 0.202 e. The van der Waals surface area contributed by atoms with Crippen LogP contribution in [0.4, 0.5) is 0 Å². The van der Waals surface area contributed by atoms with Gasteiger partial charge >= 0.3 is 0 Å². The lowest BCUT2D eigenvalue weighted by atomic mass is 10.2. The van der Waals surface area contributed by atoms with Crippen LogP contribution in [0.1, 0.15) is 6.42 Å². The quantitative estimate of drug-likeness (QED) is 0.512. The first-order valence-corrected chi connectivity index (χ1v) is 5.20. The second-order valence-electron chi connectivity index (χ2n) is 2.89. The van der Waals surface area contributed by atoms with E-state index in [1.807, 2.05) is 0 Å². The summed E-state index contributed by atoms with van der Waals surface area (Å²) in [5.41, 5.74) is 0. The molecule has 1 aromatic carbocycles. The van der Waals surface area contributed by atoms with Crippen molar-refractivity contribution in [2.75, 3.05) is 0 Å². The zero-order valence-electron chi connectivity index (χ0n) is 8.22. The van der Waals surface area contributed by atoms with E-state index in [0.717, 1.165) is 0 Å². The van der Waals surface area contributed by atoms with Crippen molar-refractivity contribution < 1.29 is 19.4 Å². The van der Waals surface area contributed by atoms with Gasteiger partial charge in [0.2, 0.25) is 5.78 Å². The normalized spacial score (nSPS) is 10.9. The predicted octanol–water partition coefficient (Wildman–Crippen LogP) is 2.39. The van der Waals surface area contributed by atoms with Crippen molar-refractivity contribution >= 4 is 28.0 Å². The maximum atomic E-state index is 10.8. The fourth-order valence-corrected chi connectivity index (χ4v) is 1.36. The molecule has 0 aliphatic heterocycles. The first kappa shape index (κ1) is 12.4. The van der Waals surface area contributed by atoms with Gasteiger partial charge in [-0.1, -0.05) is 12.1 Å². The number of Topliss-reactive ketones (excluding diaryl/α,β-unsaturated/α-hetero) is 1. The number of para-hydroxylation sites is 1. The van der Waals surface area contributed by atoms with Gasteiger partial charge in [-0.3, -0.25) is 9.59 Å². The first-order chi connectivity index (χ1) is 7.67. The number of aliphatic hydroxyl groups excluding tert-OH is 1. The third-order valence-electron chi connectivity index (χ3n) is 1.70. The fraction of sp³-hybridized carbons (Fsp3) is 0.0909. The molecule has 0 saturated heterocycles. The van der Waals surface area contributed by atoms with Crippen molar-refractivity contribution in [3.8, 4) is 5.75 Å². The molecule has 0 bridgehead atoms. The number of hydrogen-bond acceptors (Lipinski definition) is 4. The minimum absolute atomic E-state index is 0.0176. The van der Waals surface area contributed by atoms with Crippen LogP contribution in [0, 0.1) is 0 Å². The third-order valence-corrected chi connectivity index (χ3v) is 2.36. The number of ketones is 1. The molecule has 0 unspecified atom stereocenters. The van der Waals surface area contributed by atoms with E-state index in [2.05, 4.69) is 15.9 Å². The first-order valence-electron chi connectivity index (χ1n) is 4.41. The van der Waals surface area contributed by atoms with Gasteiger partial charge in [-0.2, -0.15) is 0 Å². The van der Waals surface area contributed by atoms with E-state index < -0.39 is 5.78 Å². The van der Waals surface area contributed by atoms with Crippen LogP contribution < -0.4 is 4.74 Å². The molecular formula is C11H9BrO4. The summed E-state index contributed by atoms with van der Waals surface area (Å²) in [4.78, 5) is 21.0. The molecule has 0 spiro atoms. The number of allylic oxidation sites excluding steroid dienone is 1. The molecule has 4 nitrogen and oxygen atoms in total. The molecule has 0 amide bonds. The number of rotatable bonds is 5. The van der Waals surface area contributed by atoms with E-state index in [9.17, 15) is 9.59 Å². The molecule has 1 N–H and O–H groups in total. The van der Waals surface area contributed by atoms with E-state index in [1.165, 1.54) is 0 Å². The Morgan fingerprint density at radius 3 is 2.69 bits per heavy atom. The number of carbonyl (C=O) groups is 2. The zero-order valence-corrected chi connectivity index (χ0v) is 9.81. The Labute approximate surface area is 101 Å². The molecule has 0 saturated carbocycles. The number of aliphatic hydroxyl groups is 1. The molecule has 0 aliphatic rings. The summed E-state index contributed by atoms with van der Waals surface area (Å²) < 4.78 is 5.94. The molecule has 0 radical (unpaired) electrons. The Kier molecular flexibility index (Phi) is 4.72. The second kappa shape index (κ2) is 6.07. The largest absolute Gasteiger partial charge is 0.512 e. The molecule has 0 aromatic heterocycles. The monoisotopic (exact) mass is 284 g/mol. The van der Waals surface area contributed by atoms with Gasteiger partial charge in [0.05, 0.1) is 10.9 Å². The van der Waals surface area contributed by atoms with Crippen LogP contribution in [-0.2, 0) is 9.59 Å². The minimum atomic E-state index is -0.660. The number of benzene rings is 1. The van der Waals surface area contributed by atoms with Crippen LogP contribution in [0.5, 0.6) is 5.75 Å². The lowest BCUT2D eigenvalue weighted by Crippen LogP contribution is -2.05. The Balaban J connectivity index is 2.75. The van der Waals surface area contributed by atoms with Crippen molar-refractivity contribution in [1.29, 1.82) is 0 Å². The van der Waals surface area contributed by atoms with Crippen LogP contribution in [-0.4, -0.2) is 17.2 Å². The molecule has 0 aliphatic carbocycles. The molecule has 16 heavy (non-hydrogen) atoms. The Hall–Kier alpha value is -1.62. The lowest BCUT2D eigenvalue weighted by molar-refractivity contribution is -0.129. The van der Waals surface area contributed by atoms with Gasteiger partial charge in [-0.05, 0) is 28.1 Å². The Bertz CT molecular complexity index is 426. The van der Waals surface area contributed by atoms with Gasteiger partial charge in [0, 0.05) is 0 Å². The minimum Gasteiger partial charge on any atom is -0.512 e.